The number of hydrogen-bond donors (Lipinski definition) is 1. The number of aliphatic hydroxyl groups excluding tert-OH is 1. The number of aliphatic hydroxyl groups is 1. The summed E-state index contributed by atoms with van der Waals surface area (Å²) < 4.78 is 18.2. The van der Waals surface area contributed by atoms with E-state index in [-0.39, 0.29) is 17.7 Å². The maximum Gasteiger partial charge on any atom is 0.413 e. The van der Waals surface area contributed by atoms with E-state index in [2.05, 4.69) is 52.6 Å². The van der Waals surface area contributed by atoms with Gasteiger partial charge >= 0.3 is 6.09 Å². The predicted octanol–water partition coefficient (Wildman–Crippen LogP) is 8.42. The average molecular weight is 568 g/mol. The minimum atomic E-state index is -2.04. The summed E-state index contributed by atoms with van der Waals surface area (Å²) in [5.41, 5.74) is -1.53. The molecule has 228 valence electrons. The Bertz CT molecular complexity index is 787. The van der Waals surface area contributed by atoms with Crippen molar-refractivity contribution < 1.29 is 23.8 Å². The number of hydrogen-bond acceptors (Lipinski definition) is 5. The van der Waals surface area contributed by atoms with Crippen molar-refractivity contribution in [2.75, 3.05) is 6.61 Å². The summed E-state index contributed by atoms with van der Waals surface area (Å²) in [5, 5.41) is 11.2. The van der Waals surface area contributed by atoms with Gasteiger partial charge in [0, 0.05) is 0 Å². The van der Waals surface area contributed by atoms with Gasteiger partial charge in [-0.1, -0.05) is 97.3 Å². The van der Waals surface area contributed by atoms with Crippen molar-refractivity contribution >= 4 is 14.4 Å². The van der Waals surface area contributed by atoms with Gasteiger partial charge in [0.1, 0.15) is 23.5 Å². The molecule has 1 N–H and O–H groups in total. The van der Waals surface area contributed by atoms with Crippen LogP contribution in [0.25, 0.3) is 0 Å². The number of ether oxygens (including phenoxy) is 2. The summed E-state index contributed by atoms with van der Waals surface area (Å²) in [5.74, 6) is 6.31. The molecule has 0 aromatic heterocycles. The van der Waals surface area contributed by atoms with E-state index in [9.17, 15) is 9.90 Å². The Kier molecular flexibility index (Phi) is 14.6. The Balaban J connectivity index is 2.84. The molecule has 1 aliphatic heterocycles. The fourth-order valence-corrected chi connectivity index (χ4v) is 5.76. The molecule has 0 saturated carbocycles. The highest BCUT2D eigenvalue weighted by atomic mass is 28.4. The third-order valence-corrected chi connectivity index (χ3v) is 12.4. The maximum atomic E-state index is 13.0. The molecule has 0 bridgehead atoms. The highest BCUT2D eigenvalue weighted by Gasteiger charge is 2.48. The number of carbonyl (C=O) groups excluding carboxylic acids is 1. The third-order valence-electron chi connectivity index (χ3n) is 7.93. The number of rotatable bonds is 14. The zero-order chi connectivity index (χ0) is 29.9. The van der Waals surface area contributed by atoms with Crippen molar-refractivity contribution in [2.45, 2.75) is 181 Å². The second-order valence-corrected chi connectivity index (χ2v) is 19.0. The largest absolute Gasteiger partial charge is 0.444 e. The van der Waals surface area contributed by atoms with Gasteiger partial charge in [0.2, 0.25) is 0 Å². The standard InChI is InChI=1S/C32H61NO5Si/c1-12-13-14-15-16-17-18-19-20-21-22-26(38-39(10,11)31(5,6)7)23-24-28(34)27-25-36-32(8,9)33(27)29(35)37-30(2,3)4/h26-28,34H,12-22,25H2,1-11H3/t26-,27-,28-/m0/s1. The first-order valence-electron chi connectivity index (χ1n) is 15.4. The molecule has 39 heavy (non-hydrogen) atoms. The summed E-state index contributed by atoms with van der Waals surface area (Å²) in [6.45, 7) is 22.8. The number of nitrogens with zero attached hydrogens (tertiary/aromatic N) is 1. The van der Waals surface area contributed by atoms with Gasteiger partial charge in [-0.05, 0) is 65.6 Å². The van der Waals surface area contributed by atoms with E-state index in [0.29, 0.717) is 0 Å². The first kappa shape index (κ1) is 36.0. The van der Waals surface area contributed by atoms with Gasteiger partial charge in [0.25, 0.3) is 0 Å². The highest BCUT2D eigenvalue weighted by Crippen LogP contribution is 2.38. The van der Waals surface area contributed by atoms with Gasteiger partial charge in [0.15, 0.2) is 8.32 Å². The van der Waals surface area contributed by atoms with Crippen LogP contribution in [0, 0.1) is 11.8 Å². The zero-order valence-electron chi connectivity index (χ0n) is 27.2. The average Bonchev–Trinajstić information content (AvgIpc) is 3.11. The molecule has 7 heteroatoms. The Morgan fingerprint density at radius 1 is 0.974 bits per heavy atom. The molecule has 1 saturated heterocycles. The smallest absolute Gasteiger partial charge is 0.413 e. The van der Waals surface area contributed by atoms with E-state index in [1.807, 2.05) is 34.6 Å². The number of amides is 1. The van der Waals surface area contributed by atoms with Crippen LogP contribution in [0.4, 0.5) is 4.79 Å². The zero-order valence-corrected chi connectivity index (χ0v) is 28.2. The fourth-order valence-electron chi connectivity index (χ4n) is 4.52. The van der Waals surface area contributed by atoms with Gasteiger partial charge < -0.3 is 19.0 Å². The van der Waals surface area contributed by atoms with Crippen molar-refractivity contribution in [2.24, 2.45) is 0 Å². The minimum Gasteiger partial charge on any atom is -0.444 e. The van der Waals surface area contributed by atoms with Crippen molar-refractivity contribution in [3.05, 3.63) is 0 Å². The molecule has 0 radical (unpaired) electrons. The molecular weight excluding hydrogens is 506 g/mol. The molecule has 1 heterocycles. The number of unbranched alkanes of at least 4 members (excludes halogenated alkanes) is 9. The summed E-state index contributed by atoms with van der Waals surface area (Å²) in [7, 11) is -2.04. The first-order chi connectivity index (χ1) is 17.9. The Morgan fingerprint density at radius 2 is 1.49 bits per heavy atom. The predicted molar refractivity (Wildman–Crippen MR) is 164 cm³/mol. The molecule has 6 nitrogen and oxygen atoms in total. The third kappa shape index (κ3) is 13.0. The van der Waals surface area contributed by atoms with Crippen LogP contribution >= 0.6 is 0 Å². The molecule has 0 spiro atoms. The van der Waals surface area contributed by atoms with E-state index in [1.165, 1.54) is 62.7 Å². The first-order valence-corrected chi connectivity index (χ1v) is 18.4. The molecule has 0 unspecified atom stereocenters. The van der Waals surface area contributed by atoms with Gasteiger partial charge in [-0.2, -0.15) is 0 Å². The Morgan fingerprint density at radius 3 is 1.97 bits per heavy atom. The van der Waals surface area contributed by atoms with Crippen molar-refractivity contribution in [3.8, 4) is 11.8 Å². The highest BCUT2D eigenvalue weighted by molar-refractivity contribution is 6.74. The van der Waals surface area contributed by atoms with E-state index < -0.39 is 37.9 Å². The molecule has 1 rings (SSSR count). The summed E-state index contributed by atoms with van der Waals surface area (Å²) >= 11 is 0. The van der Waals surface area contributed by atoms with Crippen LogP contribution in [0.5, 0.6) is 0 Å². The SMILES string of the molecule is CCCCCCCCCCCC[C@@H](C#C[C@H](O)[C@@H]1COC(C)(C)N1C(=O)OC(C)(C)C)O[Si](C)(C)C(C)(C)C. The van der Waals surface area contributed by atoms with Crippen LogP contribution in [0.2, 0.25) is 18.1 Å². The minimum absolute atomic E-state index is 0.0696. The normalized spacial score (nSPS) is 19.4. The monoisotopic (exact) mass is 567 g/mol. The molecule has 1 fully saturated rings. The maximum absolute atomic E-state index is 13.0. The molecule has 0 aromatic carbocycles. The van der Waals surface area contributed by atoms with Crippen LogP contribution in [-0.4, -0.2) is 60.6 Å². The van der Waals surface area contributed by atoms with Crippen LogP contribution in [0.15, 0.2) is 0 Å². The van der Waals surface area contributed by atoms with E-state index in [4.69, 9.17) is 13.9 Å². The van der Waals surface area contributed by atoms with Crippen molar-refractivity contribution in [3.63, 3.8) is 0 Å². The summed E-state index contributed by atoms with van der Waals surface area (Å²) in [4.78, 5) is 14.5. The summed E-state index contributed by atoms with van der Waals surface area (Å²) in [6.07, 6.45) is 11.9. The van der Waals surface area contributed by atoms with E-state index in [0.717, 1.165) is 12.8 Å². The van der Waals surface area contributed by atoms with Crippen LogP contribution in [-0.2, 0) is 13.9 Å². The van der Waals surface area contributed by atoms with E-state index >= 15 is 0 Å². The van der Waals surface area contributed by atoms with Crippen molar-refractivity contribution in [1.82, 2.24) is 4.90 Å². The van der Waals surface area contributed by atoms with Gasteiger partial charge in [-0.25, -0.2) is 4.79 Å². The van der Waals surface area contributed by atoms with Crippen LogP contribution in [0.1, 0.15) is 133 Å². The lowest BCUT2D eigenvalue weighted by Crippen LogP contribution is -2.53. The molecule has 1 aliphatic rings. The molecule has 3 atom stereocenters. The second kappa shape index (κ2) is 15.8. The Hall–Kier alpha value is -1.07. The molecule has 0 aliphatic carbocycles. The molecular formula is C32H61NO5Si. The summed E-state index contributed by atoms with van der Waals surface area (Å²) in [6, 6.07) is -0.604. The molecule has 1 amide bonds. The van der Waals surface area contributed by atoms with Gasteiger partial charge in [0.05, 0.1) is 12.6 Å². The van der Waals surface area contributed by atoms with Gasteiger partial charge in [-0.15, -0.1) is 0 Å². The lowest BCUT2D eigenvalue weighted by molar-refractivity contribution is -0.0658. The Labute approximate surface area is 242 Å². The lowest BCUT2D eigenvalue weighted by Gasteiger charge is -2.38. The van der Waals surface area contributed by atoms with E-state index in [1.54, 1.807) is 0 Å². The lowest BCUT2D eigenvalue weighted by atomic mass is 10.0. The van der Waals surface area contributed by atoms with Crippen LogP contribution in [0.3, 0.4) is 0 Å². The van der Waals surface area contributed by atoms with Crippen molar-refractivity contribution in [1.29, 1.82) is 0 Å². The second-order valence-electron chi connectivity index (χ2n) is 14.2. The van der Waals surface area contributed by atoms with Crippen LogP contribution < -0.4 is 0 Å². The fraction of sp³-hybridized carbons (Fsp3) is 0.906. The van der Waals surface area contributed by atoms with Gasteiger partial charge in [-0.3, -0.25) is 4.90 Å². The molecule has 0 aromatic rings. The number of carbonyl (C=O) groups is 1. The quantitative estimate of drug-likeness (QED) is 0.130. The topological polar surface area (TPSA) is 68.2 Å².